The molecule has 0 bridgehead atoms. The summed E-state index contributed by atoms with van der Waals surface area (Å²) in [5.41, 5.74) is 0. The Labute approximate surface area is 76.6 Å². The minimum Gasteiger partial charge on any atom is -1.00 e. The average Bonchev–Trinajstić information content (AvgIpc) is 1.36. The summed E-state index contributed by atoms with van der Waals surface area (Å²) in [5, 5.41) is 7.64. The summed E-state index contributed by atoms with van der Waals surface area (Å²) in [4.78, 5) is 18.9. The first kappa shape index (κ1) is 15.8. The molecule has 0 atom stereocenters. The third-order valence-corrected chi connectivity index (χ3v) is 0.301. The van der Waals surface area contributed by atoms with Crippen molar-refractivity contribution in [2.24, 2.45) is 0 Å². The molecule has 0 aromatic carbocycles. The van der Waals surface area contributed by atoms with E-state index in [0.717, 1.165) is 6.92 Å². The first-order chi connectivity index (χ1) is 2.64. The minimum absolute atomic E-state index is 0. The van der Waals surface area contributed by atoms with Crippen LogP contribution in [0.1, 0.15) is 8.35 Å². The summed E-state index contributed by atoms with van der Waals surface area (Å²) in [6, 6.07) is 0. The largest absolute Gasteiger partial charge is 1.00 e. The van der Waals surface area contributed by atoms with Crippen molar-refractivity contribution in [2.45, 2.75) is 6.92 Å². The molecule has 0 radical (unpaired) electrons. The fraction of sp³-hybridized carbons (Fsp3) is 0.333. The predicted octanol–water partition coefficient (Wildman–Crippen LogP) is -2.80. The van der Waals surface area contributed by atoms with E-state index in [2.05, 4.69) is 0 Å². The van der Waals surface area contributed by atoms with Gasteiger partial charge in [0.05, 0.1) is 0 Å². The second-order valence-corrected chi connectivity index (χ2v) is 0.861. The minimum atomic E-state index is -1.38. The Balaban J connectivity index is -0.0000000417. The van der Waals surface area contributed by atoms with Gasteiger partial charge in [0.2, 0.25) is 5.78 Å². The molecule has 1 N–H and O–H groups in total. The normalized spacial score (nSPS) is 5.62. The van der Waals surface area contributed by atoms with Gasteiger partial charge in [-0.3, -0.25) is 4.79 Å². The summed E-state index contributed by atoms with van der Waals surface area (Å²) in [5.74, 6) is -2.20. The summed E-state index contributed by atoms with van der Waals surface area (Å²) < 4.78 is 0. The van der Waals surface area contributed by atoms with Gasteiger partial charge in [0, 0.05) is 6.92 Å². The van der Waals surface area contributed by atoms with Crippen molar-refractivity contribution in [3.8, 4) is 0 Å². The molecule has 5 heteroatoms. The Kier molecular flexibility index (Phi) is 14.7. The van der Waals surface area contributed by atoms with Gasteiger partial charge in [-0.2, -0.15) is 0 Å². The molecule has 3 nitrogen and oxygen atoms in total. The molecule has 0 rings (SSSR count). The third-order valence-electron chi connectivity index (χ3n) is 0.301. The molecule has 0 aliphatic carbocycles. The molecule has 0 unspecified atom stereocenters. The molecular weight excluding hydrogens is 142 g/mol. The Morgan fingerprint density at radius 3 is 1.62 bits per heavy atom. The van der Waals surface area contributed by atoms with E-state index >= 15 is 0 Å². The van der Waals surface area contributed by atoms with Gasteiger partial charge in [0.15, 0.2) is 0 Å². The predicted molar refractivity (Wildman–Crippen MR) is 26.7 cm³/mol. The molecule has 0 aromatic rings. The second-order valence-electron chi connectivity index (χ2n) is 0.861. The molecule has 0 saturated carbocycles. The van der Waals surface area contributed by atoms with Crippen LogP contribution in [-0.2, 0) is 9.59 Å². The molecular formula is C3H6ClNaO3. The van der Waals surface area contributed by atoms with Gasteiger partial charge in [0.1, 0.15) is 0 Å². The SMILES string of the molecule is CC(=O)C(=O)O.Cl.[H-].[Na+]. The number of carboxylic acid groups (broad SMARTS) is 1. The Hall–Kier alpha value is 0.430. The number of halogens is 1. The van der Waals surface area contributed by atoms with Crippen LogP contribution in [0.25, 0.3) is 0 Å². The first-order valence-electron chi connectivity index (χ1n) is 1.38. The zero-order valence-electron chi connectivity index (χ0n) is 5.67. The maximum Gasteiger partial charge on any atom is 1.00 e. The first-order valence-corrected chi connectivity index (χ1v) is 1.38. The van der Waals surface area contributed by atoms with Crippen LogP contribution in [0.4, 0.5) is 0 Å². The summed E-state index contributed by atoms with van der Waals surface area (Å²) >= 11 is 0. The number of carbonyl (C=O) groups excluding carboxylic acids is 1. The molecule has 0 heterocycles. The van der Waals surface area contributed by atoms with Crippen LogP contribution >= 0.6 is 12.4 Å². The molecule has 0 fully saturated rings. The molecule has 44 valence electrons. The number of rotatable bonds is 1. The van der Waals surface area contributed by atoms with E-state index < -0.39 is 11.8 Å². The van der Waals surface area contributed by atoms with Crippen molar-refractivity contribution in [1.29, 1.82) is 0 Å². The number of carboxylic acids is 1. The van der Waals surface area contributed by atoms with Crippen molar-refractivity contribution in [3.63, 3.8) is 0 Å². The van der Waals surface area contributed by atoms with Crippen molar-refractivity contribution in [2.75, 3.05) is 0 Å². The molecule has 8 heavy (non-hydrogen) atoms. The monoisotopic (exact) mass is 148 g/mol. The zero-order chi connectivity index (χ0) is 5.15. The standard InChI is InChI=1S/C3H4O3.ClH.Na.H/c1-2(4)3(5)6;;;/h1H3,(H,5,6);1H;;/q;;+1;-1. The topological polar surface area (TPSA) is 54.4 Å². The fourth-order valence-corrected chi connectivity index (χ4v) is 0. The van der Waals surface area contributed by atoms with Gasteiger partial charge in [-0.05, 0) is 0 Å². The van der Waals surface area contributed by atoms with E-state index in [-0.39, 0.29) is 43.4 Å². The van der Waals surface area contributed by atoms with E-state index in [1.165, 1.54) is 0 Å². The quantitative estimate of drug-likeness (QED) is 0.323. The Morgan fingerprint density at radius 2 is 1.62 bits per heavy atom. The Morgan fingerprint density at radius 1 is 1.50 bits per heavy atom. The third kappa shape index (κ3) is 9.66. The van der Waals surface area contributed by atoms with Gasteiger partial charge in [-0.1, -0.05) is 0 Å². The van der Waals surface area contributed by atoms with Crippen LogP contribution in [0.5, 0.6) is 0 Å². The van der Waals surface area contributed by atoms with Gasteiger partial charge >= 0.3 is 35.5 Å². The van der Waals surface area contributed by atoms with Crippen molar-refractivity contribution < 1.29 is 45.7 Å². The van der Waals surface area contributed by atoms with Crippen molar-refractivity contribution in [3.05, 3.63) is 0 Å². The van der Waals surface area contributed by atoms with Crippen LogP contribution in [0.3, 0.4) is 0 Å². The zero-order valence-corrected chi connectivity index (χ0v) is 7.49. The summed E-state index contributed by atoms with van der Waals surface area (Å²) in [6.45, 7) is 1.00. The van der Waals surface area contributed by atoms with E-state index in [1.807, 2.05) is 0 Å². The van der Waals surface area contributed by atoms with Crippen molar-refractivity contribution in [1.82, 2.24) is 0 Å². The summed E-state index contributed by atoms with van der Waals surface area (Å²) in [7, 11) is 0. The number of ketones is 1. The molecule has 0 saturated heterocycles. The average molecular weight is 149 g/mol. The molecule has 0 amide bonds. The van der Waals surface area contributed by atoms with Crippen LogP contribution in [-0.4, -0.2) is 16.9 Å². The number of hydrogen-bond donors (Lipinski definition) is 1. The van der Waals surface area contributed by atoms with E-state index in [9.17, 15) is 9.59 Å². The van der Waals surface area contributed by atoms with E-state index in [4.69, 9.17) is 5.11 Å². The van der Waals surface area contributed by atoms with Crippen LogP contribution in [0.2, 0.25) is 0 Å². The van der Waals surface area contributed by atoms with E-state index in [0.29, 0.717) is 0 Å². The smallest absolute Gasteiger partial charge is 1.00 e. The van der Waals surface area contributed by atoms with Gasteiger partial charge in [-0.25, -0.2) is 4.79 Å². The van der Waals surface area contributed by atoms with Crippen molar-refractivity contribution >= 4 is 24.2 Å². The van der Waals surface area contributed by atoms with E-state index in [1.54, 1.807) is 0 Å². The number of aliphatic carboxylic acids is 1. The molecule has 0 aliphatic rings. The van der Waals surface area contributed by atoms with Crippen LogP contribution < -0.4 is 29.6 Å². The van der Waals surface area contributed by atoms with Crippen LogP contribution in [0.15, 0.2) is 0 Å². The van der Waals surface area contributed by atoms with Gasteiger partial charge in [-0.15, -0.1) is 12.4 Å². The molecule has 0 aliphatic heterocycles. The Bertz CT molecular complexity index is 85.1. The summed E-state index contributed by atoms with van der Waals surface area (Å²) in [6.07, 6.45) is 0. The molecule has 0 aromatic heterocycles. The number of carbonyl (C=O) groups is 2. The van der Waals surface area contributed by atoms with Crippen LogP contribution in [0, 0.1) is 0 Å². The van der Waals surface area contributed by atoms with Gasteiger partial charge in [0.25, 0.3) is 0 Å². The van der Waals surface area contributed by atoms with Gasteiger partial charge < -0.3 is 6.53 Å². The second kappa shape index (κ2) is 7.43. The molecule has 0 spiro atoms. The maximum absolute atomic E-state index is 9.54. The number of Topliss-reactive ketones (excluding diaryl/α,β-unsaturated/α-hetero) is 1. The maximum atomic E-state index is 9.54. The fourth-order valence-electron chi connectivity index (χ4n) is 0. The number of hydrogen-bond acceptors (Lipinski definition) is 2.